The van der Waals surface area contributed by atoms with Gasteiger partial charge in [0.15, 0.2) is 0 Å². The van der Waals surface area contributed by atoms with Crippen LogP contribution in [0.15, 0.2) is 54.7 Å². The fraction of sp³-hybridized carbons (Fsp3) is 0.304. The summed E-state index contributed by atoms with van der Waals surface area (Å²) in [5.74, 6) is -0.172. The Balaban J connectivity index is 1.46. The maximum Gasteiger partial charge on any atom is 0.226 e. The molecule has 1 N–H and O–H groups in total. The van der Waals surface area contributed by atoms with E-state index in [9.17, 15) is 9.59 Å². The second-order valence-electron chi connectivity index (χ2n) is 7.38. The molecule has 2 heterocycles. The van der Waals surface area contributed by atoms with Gasteiger partial charge in [-0.1, -0.05) is 24.3 Å². The van der Waals surface area contributed by atoms with E-state index < -0.39 is 0 Å². The van der Waals surface area contributed by atoms with Crippen molar-refractivity contribution >= 4 is 29.3 Å². The lowest BCUT2D eigenvalue weighted by atomic mass is 9.93. The smallest absolute Gasteiger partial charge is 0.226 e. The lowest BCUT2D eigenvalue weighted by Gasteiger charge is -2.32. The number of nitrogens with one attached hydrogen (secondary N) is 1. The normalized spacial score (nSPS) is 18.1. The molecule has 1 unspecified atom stereocenters. The fourth-order valence-electron chi connectivity index (χ4n) is 4.03. The summed E-state index contributed by atoms with van der Waals surface area (Å²) in [7, 11) is 0. The number of fused-ring (bicyclic) bond motifs is 1. The second-order valence-corrected chi connectivity index (χ2v) is 7.38. The van der Waals surface area contributed by atoms with Crippen LogP contribution in [0.4, 0.5) is 11.4 Å². The molecule has 2 aromatic carbocycles. The van der Waals surface area contributed by atoms with Crippen LogP contribution in [0.1, 0.15) is 43.4 Å². The number of benzene rings is 2. The van der Waals surface area contributed by atoms with Gasteiger partial charge in [0.05, 0.1) is 12.5 Å². The highest BCUT2D eigenvalue weighted by atomic mass is 16.2. The summed E-state index contributed by atoms with van der Waals surface area (Å²) in [6.07, 6.45) is 6.38. The molecule has 28 heavy (non-hydrogen) atoms. The minimum Gasteiger partial charge on any atom is -0.372 e. The highest BCUT2D eigenvalue weighted by Crippen LogP contribution is 2.33. The van der Waals surface area contributed by atoms with Crippen molar-refractivity contribution in [1.82, 2.24) is 4.90 Å². The topological polar surface area (TPSA) is 52.7 Å². The summed E-state index contributed by atoms with van der Waals surface area (Å²) >= 11 is 0. The molecule has 0 spiro atoms. The molecule has 4 rings (SSSR count). The minimum absolute atomic E-state index is 0.0708. The molecule has 144 valence electrons. The van der Waals surface area contributed by atoms with Crippen LogP contribution in [-0.2, 0) is 9.59 Å². The van der Waals surface area contributed by atoms with Crippen LogP contribution in [0.25, 0.3) is 6.08 Å². The van der Waals surface area contributed by atoms with Gasteiger partial charge in [-0.05, 0) is 54.3 Å². The van der Waals surface area contributed by atoms with E-state index in [1.54, 1.807) is 11.1 Å². The van der Waals surface area contributed by atoms with E-state index in [0.717, 1.165) is 29.9 Å². The maximum absolute atomic E-state index is 12.7. The van der Waals surface area contributed by atoms with Crippen molar-refractivity contribution in [3.05, 3.63) is 65.9 Å². The van der Waals surface area contributed by atoms with Gasteiger partial charge in [0, 0.05) is 37.6 Å². The third-order valence-electron chi connectivity index (χ3n) is 5.47. The Kier molecular flexibility index (Phi) is 5.15. The van der Waals surface area contributed by atoms with Crippen LogP contribution in [-0.4, -0.2) is 29.8 Å². The highest BCUT2D eigenvalue weighted by Gasteiger charge is 2.28. The summed E-state index contributed by atoms with van der Waals surface area (Å²) < 4.78 is 0. The van der Waals surface area contributed by atoms with Crippen LogP contribution >= 0.6 is 0 Å². The van der Waals surface area contributed by atoms with Crippen molar-refractivity contribution < 1.29 is 9.59 Å². The van der Waals surface area contributed by atoms with E-state index in [0.29, 0.717) is 0 Å². The van der Waals surface area contributed by atoms with E-state index in [-0.39, 0.29) is 24.3 Å². The van der Waals surface area contributed by atoms with Gasteiger partial charge in [-0.25, -0.2) is 0 Å². The monoisotopic (exact) mass is 375 g/mol. The molecular formula is C23H25N3O2. The zero-order valence-corrected chi connectivity index (χ0v) is 16.1. The molecular weight excluding hydrogens is 350 g/mol. The summed E-state index contributed by atoms with van der Waals surface area (Å²) in [6, 6.07) is 15.6. The third kappa shape index (κ3) is 3.79. The first-order valence-corrected chi connectivity index (χ1v) is 9.83. The number of hydrogen-bond acceptors (Lipinski definition) is 3. The van der Waals surface area contributed by atoms with E-state index in [2.05, 4.69) is 22.3 Å². The first-order chi connectivity index (χ1) is 13.6. The highest BCUT2D eigenvalue weighted by molar-refractivity contribution is 5.92. The van der Waals surface area contributed by atoms with Gasteiger partial charge in [-0.3, -0.25) is 9.59 Å². The van der Waals surface area contributed by atoms with Crippen molar-refractivity contribution in [3.63, 3.8) is 0 Å². The zero-order chi connectivity index (χ0) is 19.5. The molecule has 2 aromatic rings. The third-order valence-corrected chi connectivity index (χ3v) is 5.47. The maximum atomic E-state index is 12.7. The largest absolute Gasteiger partial charge is 0.372 e. The first-order valence-electron chi connectivity index (χ1n) is 9.83. The number of amides is 2. The Hall–Kier alpha value is -3.08. The molecule has 1 saturated heterocycles. The van der Waals surface area contributed by atoms with E-state index >= 15 is 0 Å². The molecule has 5 nitrogen and oxygen atoms in total. The van der Waals surface area contributed by atoms with Gasteiger partial charge in [-0.15, -0.1) is 0 Å². The summed E-state index contributed by atoms with van der Waals surface area (Å²) in [4.78, 5) is 28.8. The van der Waals surface area contributed by atoms with Crippen LogP contribution in [0, 0.1) is 0 Å². The van der Waals surface area contributed by atoms with Gasteiger partial charge < -0.3 is 15.1 Å². The molecule has 0 bridgehead atoms. The lowest BCUT2D eigenvalue weighted by Crippen LogP contribution is -2.33. The van der Waals surface area contributed by atoms with E-state index in [1.165, 1.54) is 25.5 Å². The van der Waals surface area contributed by atoms with Crippen LogP contribution in [0.2, 0.25) is 0 Å². The summed E-state index contributed by atoms with van der Waals surface area (Å²) in [6.45, 7) is 3.72. The predicted octanol–water partition coefficient (Wildman–Crippen LogP) is 4.19. The van der Waals surface area contributed by atoms with Crippen LogP contribution < -0.4 is 10.2 Å². The Bertz CT molecular complexity index is 898. The molecule has 2 aliphatic heterocycles. The molecule has 0 saturated carbocycles. The minimum atomic E-state index is -0.289. The number of hydrogen-bond donors (Lipinski definition) is 1. The Labute approximate surface area is 165 Å². The quantitative estimate of drug-likeness (QED) is 0.872. The average Bonchev–Trinajstić information content (AvgIpc) is 3.23. The lowest BCUT2D eigenvalue weighted by molar-refractivity contribution is -0.129. The Morgan fingerprint density at radius 1 is 1.04 bits per heavy atom. The molecule has 2 aliphatic rings. The first kappa shape index (κ1) is 18.3. The second kappa shape index (κ2) is 7.89. The number of anilines is 2. The molecule has 0 radical (unpaired) electrons. The van der Waals surface area contributed by atoms with Crippen molar-refractivity contribution in [3.8, 4) is 0 Å². The molecule has 0 aromatic heterocycles. The van der Waals surface area contributed by atoms with Gasteiger partial charge in [0.2, 0.25) is 11.8 Å². The molecule has 5 heteroatoms. The number of nitrogens with zero attached hydrogens (tertiary/aromatic N) is 2. The van der Waals surface area contributed by atoms with Crippen LogP contribution in [0.5, 0.6) is 0 Å². The Morgan fingerprint density at radius 3 is 2.46 bits per heavy atom. The fourth-order valence-corrected chi connectivity index (χ4v) is 4.03. The predicted molar refractivity (Wildman–Crippen MR) is 112 cm³/mol. The van der Waals surface area contributed by atoms with Crippen molar-refractivity contribution in [2.75, 3.05) is 23.3 Å². The van der Waals surface area contributed by atoms with Gasteiger partial charge in [-0.2, -0.15) is 0 Å². The van der Waals surface area contributed by atoms with E-state index in [4.69, 9.17) is 0 Å². The van der Waals surface area contributed by atoms with Crippen molar-refractivity contribution in [1.29, 1.82) is 0 Å². The van der Waals surface area contributed by atoms with Crippen LogP contribution in [0.3, 0.4) is 0 Å². The SMILES string of the molecule is CC(=O)N1C=Cc2ccccc2C1CC(=O)Nc1ccc(N2CCCC2)cc1. The van der Waals surface area contributed by atoms with Crippen molar-refractivity contribution in [2.45, 2.75) is 32.2 Å². The zero-order valence-electron chi connectivity index (χ0n) is 16.1. The summed E-state index contributed by atoms with van der Waals surface area (Å²) in [5.41, 5.74) is 4.03. The number of rotatable bonds is 4. The molecule has 0 aliphatic carbocycles. The molecule has 1 atom stereocenters. The number of carbonyl (C=O) groups is 2. The van der Waals surface area contributed by atoms with Gasteiger partial charge in [0.25, 0.3) is 0 Å². The number of carbonyl (C=O) groups excluding carboxylic acids is 2. The standard InChI is InChI=1S/C23H25N3O2/c1-17(27)26-15-12-18-6-2-3-7-21(18)22(26)16-23(28)24-19-8-10-20(11-9-19)25-13-4-5-14-25/h2-3,6-12,15,22H,4-5,13-14,16H2,1H3,(H,24,28). The average molecular weight is 375 g/mol. The van der Waals surface area contributed by atoms with Crippen molar-refractivity contribution in [2.24, 2.45) is 0 Å². The molecule has 2 amide bonds. The van der Waals surface area contributed by atoms with E-state index in [1.807, 2.05) is 42.5 Å². The Morgan fingerprint density at radius 2 is 1.75 bits per heavy atom. The summed E-state index contributed by atoms with van der Waals surface area (Å²) in [5, 5.41) is 2.98. The molecule has 1 fully saturated rings. The van der Waals surface area contributed by atoms with Gasteiger partial charge in [0.1, 0.15) is 0 Å². The van der Waals surface area contributed by atoms with Gasteiger partial charge >= 0.3 is 0 Å².